The van der Waals surface area contributed by atoms with E-state index in [0.29, 0.717) is 36.9 Å². The van der Waals surface area contributed by atoms with Gasteiger partial charge in [-0.3, -0.25) is 4.79 Å². The number of fused-ring (bicyclic) bond motifs is 2. The van der Waals surface area contributed by atoms with Crippen LogP contribution in [0.5, 0.6) is 0 Å². The van der Waals surface area contributed by atoms with E-state index >= 15 is 0 Å². The van der Waals surface area contributed by atoms with Gasteiger partial charge in [-0.2, -0.15) is 13.2 Å². The van der Waals surface area contributed by atoms with E-state index in [0.717, 1.165) is 36.1 Å². The van der Waals surface area contributed by atoms with Crippen molar-refractivity contribution in [2.45, 2.75) is 57.1 Å². The quantitative estimate of drug-likeness (QED) is 0.468. The van der Waals surface area contributed by atoms with Gasteiger partial charge in [-0.1, -0.05) is 12.1 Å². The fourth-order valence-electron chi connectivity index (χ4n) is 6.66. The maximum absolute atomic E-state index is 14.1. The third kappa shape index (κ3) is 4.53. The third-order valence-electron chi connectivity index (χ3n) is 8.88. The van der Waals surface area contributed by atoms with Crippen LogP contribution in [0.1, 0.15) is 63.8 Å². The lowest BCUT2D eigenvalue weighted by Crippen LogP contribution is -2.35. The Hall–Kier alpha value is -3.24. The van der Waals surface area contributed by atoms with Crippen LogP contribution in [-0.2, 0) is 37.5 Å². The maximum Gasteiger partial charge on any atom is 0.416 e. The van der Waals surface area contributed by atoms with E-state index in [1.165, 1.54) is 17.4 Å². The molecule has 7 rings (SSSR count). The highest BCUT2D eigenvalue weighted by atomic mass is 19.4. The summed E-state index contributed by atoms with van der Waals surface area (Å²) in [6.45, 7) is 0.823. The Morgan fingerprint density at radius 1 is 1.10 bits per heavy atom. The lowest BCUT2D eigenvalue weighted by Gasteiger charge is -2.36. The van der Waals surface area contributed by atoms with E-state index in [-0.39, 0.29) is 35.6 Å². The molecule has 2 aromatic carbocycles. The molecular weight excluding hydrogens is 507 g/mol. The van der Waals surface area contributed by atoms with Gasteiger partial charge in [-0.05, 0) is 78.5 Å². The second-order valence-electron chi connectivity index (χ2n) is 11.6. The number of ether oxygens (including phenoxy) is 1. The number of alkyl halides is 3. The van der Waals surface area contributed by atoms with Gasteiger partial charge in [0.25, 0.3) is 5.91 Å². The Bertz CT molecular complexity index is 1430. The molecule has 2 aliphatic carbocycles. The average Bonchev–Trinajstić information content (AvgIpc) is 3.16. The van der Waals surface area contributed by atoms with Crippen molar-refractivity contribution >= 4 is 11.6 Å². The molecule has 2 aliphatic heterocycles. The second kappa shape index (κ2) is 9.16. The van der Waals surface area contributed by atoms with Gasteiger partial charge in [0.1, 0.15) is 12.4 Å². The molecule has 4 aliphatic rings. The highest BCUT2D eigenvalue weighted by Gasteiger charge is 2.46. The molecule has 0 spiro atoms. The first-order valence-corrected chi connectivity index (χ1v) is 13.6. The fourth-order valence-corrected chi connectivity index (χ4v) is 6.66. The molecule has 3 aromatic rings. The zero-order valence-corrected chi connectivity index (χ0v) is 21.6. The molecule has 1 aromatic heterocycles. The Kier molecular flexibility index (Phi) is 5.82. The number of nitrogens with zero attached hydrogens (tertiary/aromatic N) is 4. The Morgan fingerprint density at radius 2 is 1.92 bits per heavy atom. The molecule has 39 heavy (non-hydrogen) atoms. The fraction of sp³-hybridized carbons (Fsp3) is 0.483. The number of nitrogens with one attached hydrogen (secondary N) is 1. The van der Waals surface area contributed by atoms with E-state index in [1.807, 2.05) is 29.8 Å². The van der Waals surface area contributed by atoms with E-state index in [1.54, 1.807) is 18.5 Å². The zero-order chi connectivity index (χ0) is 26.9. The summed E-state index contributed by atoms with van der Waals surface area (Å²) in [6.07, 6.45) is 1.12. The lowest BCUT2D eigenvalue weighted by atomic mass is 9.90. The number of amides is 1. The zero-order valence-electron chi connectivity index (χ0n) is 21.6. The van der Waals surface area contributed by atoms with Gasteiger partial charge in [0.2, 0.25) is 0 Å². The molecule has 0 radical (unpaired) electrons. The summed E-state index contributed by atoms with van der Waals surface area (Å²) in [5, 5.41) is 11.5. The summed E-state index contributed by atoms with van der Waals surface area (Å²) in [5.74, 6) is 2.15. The number of benzene rings is 2. The van der Waals surface area contributed by atoms with Crippen LogP contribution >= 0.6 is 0 Å². The van der Waals surface area contributed by atoms with Gasteiger partial charge in [-0.15, -0.1) is 10.2 Å². The molecule has 1 saturated heterocycles. The SMILES string of the molecule is Cn1cnnc1[C@@H]1OC[C@H]1Cc1cccc(N2Cc3c(cc(CNC4CC5CC5C4)cc3C(F)(F)F)C2=O)c1. The minimum atomic E-state index is -4.54. The predicted octanol–water partition coefficient (Wildman–Crippen LogP) is 4.81. The van der Waals surface area contributed by atoms with E-state index in [2.05, 4.69) is 15.5 Å². The number of aryl methyl sites for hydroxylation is 1. The number of anilines is 1. The van der Waals surface area contributed by atoms with Crippen molar-refractivity contribution in [1.29, 1.82) is 0 Å². The molecule has 1 N–H and O–H groups in total. The topological polar surface area (TPSA) is 72.3 Å². The minimum Gasteiger partial charge on any atom is -0.369 e. The molecule has 2 saturated carbocycles. The first-order chi connectivity index (χ1) is 18.7. The Labute approximate surface area is 224 Å². The number of carbonyl (C=O) groups is 1. The van der Waals surface area contributed by atoms with Crippen molar-refractivity contribution < 1.29 is 22.7 Å². The summed E-state index contributed by atoms with van der Waals surface area (Å²) >= 11 is 0. The first kappa shape index (κ1) is 24.8. The largest absolute Gasteiger partial charge is 0.416 e. The highest BCUT2D eigenvalue weighted by molar-refractivity contribution is 6.10. The molecule has 7 nitrogen and oxygen atoms in total. The number of aromatic nitrogens is 3. The first-order valence-electron chi connectivity index (χ1n) is 13.6. The van der Waals surface area contributed by atoms with Crippen molar-refractivity contribution in [1.82, 2.24) is 20.1 Å². The lowest BCUT2D eigenvalue weighted by molar-refractivity contribution is -0.138. The maximum atomic E-state index is 14.1. The molecule has 10 heteroatoms. The summed E-state index contributed by atoms with van der Waals surface area (Å²) in [7, 11) is 1.87. The van der Waals surface area contributed by atoms with Crippen LogP contribution in [0.4, 0.5) is 18.9 Å². The van der Waals surface area contributed by atoms with Gasteiger partial charge in [0.15, 0.2) is 5.82 Å². The van der Waals surface area contributed by atoms with Crippen LogP contribution in [0.25, 0.3) is 0 Å². The van der Waals surface area contributed by atoms with Crippen molar-refractivity contribution in [3.8, 4) is 0 Å². The summed E-state index contributed by atoms with van der Waals surface area (Å²) in [5.41, 5.74) is 1.59. The Balaban J connectivity index is 1.10. The van der Waals surface area contributed by atoms with Crippen molar-refractivity contribution in [2.75, 3.05) is 11.5 Å². The summed E-state index contributed by atoms with van der Waals surface area (Å²) in [6, 6.07) is 10.7. The molecule has 204 valence electrons. The molecule has 3 fully saturated rings. The van der Waals surface area contributed by atoms with E-state index < -0.39 is 11.7 Å². The van der Waals surface area contributed by atoms with E-state index in [4.69, 9.17) is 4.74 Å². The van der Waals surface area contributed by atoms with Crippen LogP contribution in [-0.4, -0.2) is 33.3 Å². The number of hydrogen-bond acceptors (Lipinski definition) is 5. The minimum absolute atomic E-state index is 0.0542. The van der Waals surface area contributed by atoms with Crippen LogP contribution in [0.2, 0.25) is 0 Å². The highest BCUT2D eigenvalue weighted by Crippen LogP contribution is 2.51. The molecule has 1 amide bonds. The second-order valence-corrected chi connectivity index (χ2v) is 11.6. The molecule has 2 unspecified atom stereocenters. The summed E-state index contributed by atoms with van der Waals surface area (Å²) in [4.78, 5) is 14.9. The van der Waals surface area contributed by atoms with E-state index in [9.17, 15) is 18.0 Å². The third-order valence-corrected chi connectivity index (χ3v) is 8.88. The Morgan fingerprint density at radius 3 is 2.62 bits per heavy atom. The molecule has 3 heterocycles. The van der Waals surface area contributed by atoms with Gasteiger partial charge >= 0.3 is 6.18 Å². The van der Waals surface area contributed by atoms with Crippen LogP contribution < -0.4 is 10.2 Å². The van der Waals surface area contributed by atoms with Gasteiger partial charge in [0, 0.05) is 36.8 Å². The van der Waals surface area contributed by atoms with Crippen molar-refractivity contribution in [3.63, 3.8) is 0 Å². The number of hydrogen-bond donors (Lipinski definition) is 1. The van der Waals surface area contributed by atoms with Crippen molar-refractivity contribution in [2.24, 2.45) is 24.8 Å². The molecule has 0 bridgehead atoms. The predicted molar refractivity (Wildman–Crippen MR) is 137 cm³/mol. The standard InChI is InChI=1S/C29H30F3N5O2/c1-36-15-34-35-27(36)26-20(14-39-26)5-16-3-2-4-22(6-16)37-13-24-23(28(37)38)7-17(8-25(24)29(30,31)32)12-33-21-10-18-9-19(18)11-21/h2-4,6-8,15,18-21,26,33H,5,9-14H2,1H3/t18?,19?,20-,21?,26-/m1/s1. The van der Waals surface area contributed by atoms with Gasteiger partial charge in [0.05, 0.1) is 18.7 Å². The number of rotatable bonds is 7. The normalized spacial score (nSPS) is 27.4. The van der Waals surface area contributed by atoms with Crippen molar-refractivity contribution in [3.05, 3.63) is 76.4 Å². The monoisotopic (exact) mass is 537 g/mol. The van der Waals surface area contributed by atoms with Crippen LogP contribution in [0.3, 0.4) is 0 Å². The number of carbonyl (C=O) groups excluding carboxylic acids is 1. The average molecular weight is 538 g/mol. The smallest absolute Gasteiger partial charge is 0.369 e. The molecule has 4 atom stereocenters. The molecular formula is C29H30F3N5O2. The van der Waals surface area contributed by atoms with Crippen LogP contribution in [0.15, 0.2) is 42.7 Å². The van der Waals surface area contributed by atoms with Crippen LogP contribution in [0, 0.1) is 17.8 Å². The summed E-state index contributed by atoms with van der Waals surface area (Å²) < 4.78 is 50.0. The van der Waals surface area contributed by atoms with Gasteiger partial charge < -0.3 is 19.5 Å². The van der Waals surface area contributed by atoms with Gasteiger partial charge in [-0.25, -0.2) is 0 Å². The number of halogens is 3.